The lowest BCUT2D eigenvalue weighted by atomic mass is 10.2. The molecule has 9 heteroatoms. The van der Waals surface area contributed by atoms with Crippen molar-refractivity contribution in [2.24, 2.45) is 0 Å². The Bertz CT molecular complexity index is 1260. The van der Waals surface area contributed by atoms with Crippen molar-refractivity contribution >= 4 is 21.6 Å². The molecule has 0 fully saturated rings. The van der Waals surface area contributed by atoms with Gasteiger partial charge in [-0.05, 0) is 55.8 Å². The third kappa shape index (κ3) is 6.66. The SMILES string of the molecule is COc1cccc(OCCNC(=O)CN(c2cc(C)ccc2OC)S(=O)(=O)c2ccc(C)cc2)c1. The second-order valence-corrected chi connectivity index (χ2v) is 9.74. The fraction of sp³-hybridized carbons (Fsp3) is 0.269. The number of carbonyl (C=O) groups is 1. The van der Waals surface area contributed by atoms with Gasteiger partial charge in [0.15, 0.2) is 0 Å². The van der Waals surface area contributed by atoms with Crippen molar-refractivity contribution in [3.63, 3.8) is 0 Å². The number of methoxy groups -OCH3 is 2. The third-order valence-corrected chi connectivity index (χ3v) is 7.01. The minimum atomic E-state index is -4.05. The van der Waals surface area contributed by atoms with Crippen molar-refractivity contribution in [1.82, 2.24) is 5.32 Å². The summed E-state index contributed by atoms with van der Waals surface area (Å²) >= 11 is 0. The smallest absolute Gasteiger partial charge is 0.264 e. The van der Waals surface area contributed by atoms with Gasteiger partial charge in [-0.1, -0.05) is 29.8 Å². The van der Waals surface area contributed by atoms with Gasteiger partial charge >= 0.3 is 0 Å². The number of carbonyl (C=O) groups excluding carboxylic acids is 1. The first kappa shape index (κ1) is 25.9. The largest absolute Gasteiger partial charge is 0.497 e. The van der Waals surface area contributed by atoms with Crippen molar-refractivity contribution in [2.45, 2.75) is 18.7 Å². The average molecular weight is 499 g/mol. The Hall–Kier alpha value is -3.72. The highest BCUT2D eigenvalue weighted by molar-refractivity contribution is 7.92. The number of nitrogens with zero attached hydrogens (tertiary/aromatic N) is 1. The van der Waals surface area contributed by atoms with E-state index >= 15 is 0 Å². The summed E-state index contributed by atoms with van der Waals surface area (Å²) in [5.41, 5.74) is 2.05. The molecule has 186 valence electrons. The van der Waals surface area contributed by atoms with Gasteiger partial charge in [0, 0.05) is 6.07 Å². The molecule has 0 radical (unpaired) electrons. The number of amides is 1. The fourth-order valence-electron chi connectivity index (χ4n) is 3.37. The number of hydrogen-bond donors (Lipinski definition) is 1. The van der Waals surface area contributed by atoms with Crippen LogP contribution in [-0.2, 0) is 14.8 Å². The number of rotatable bonds is 11. The number of sulfonamides is 1. The molecule has 0 aliphatic heterocycles. The molecule has 0 saturated carbocycles. The van der Waals surface area contributed by atoms with E-state index in [0.717, 1.165) is 15.4 Å². The third-order valence-electron chi connectivity index (χ3n) is 5.23. The Morgan fingerprint density at radius 3 is 2.26 bits per heavy atom. The average Bonchev–Trinajstić information content (AvgIpc) is 2.85. The van der Waals surface area contributed by atoms with E-state index in [-0.39, 0.29) is 23.7 Å². The van der Waals surface area contributed by atoms with Gasteiger partial charge in [0.2, 0.25) is 5.91 Å². The number of hydrogen-bond acceptors (Lipinski definition) is 6. The van der Waals surface area contributed by atoms with Gasteiger partial charge < -0.3 is 19.5 Å². The van der Waals surface area contributed by atoms with Gasteiger partial charge in [-0.3, -0.25) is 9.10 Å². The van der Waals surface area contributed by atoms with Crippen LogP contribution in [0.25, 0.3) is 0 Å². The van der Waals surface area contributed by atoms with E-state index in [4.69, 9.17) is 14.2 Å². The van der Waals surface area contributed by atoms with Crippen molar-refractivity contribution in [3.05, 3.63) is 77.9 Å². The molecule has 3 rings (SSSR count). The maximum atomic E-state index is 13.6. The molecule has 35 heavy (non-hydrogen) atoms. The maximum Gasteiger partial charge on any atom is 0.264 e. The summed E-state index contributed by atoms with van der Waals surface area (Å²) in [6.45, 7) is 3.69. The minimum Gasteiger partial charge on any atom is -0.497 e. The molecule has 0 aliphatic carbocycles. The summed E-state index contributed by atoms with van der Waals surface area (Å²) in [6, 6.07) is 18.8. The lowest BCUT2D eigenvalue weighted by molar-refractivity contribution is -0.119. The lowest BCUT2D eigenvalue weighted by Crippen LogP contribution is -2.42. The van der Waals surface area contributed by atoms with Gasteiger partial charge in [0.25, 0.3) is 10.0 Å². The Morgan fingerprint density at radius 1 is 0.886 bits per heavy atom. The first-order valence-electron chi connectivity index (χ1n) is 11.0. The second-order valence-electron chi connectivity index (χ2n) is 7.88. The highest BCUT2D eigenvalue weighted by Gasteiger charge is 2.29. The van der Waals surface area contributed by atoms with Crippen LogP contribution in [0, 0.1) is 13.8 Å². The molecule has 1 N–H and O–H groups in total. The molecular formula is C26H30N2O6S. The molecule has 0 unspecified atom stereocenters. The maximum absolute atomic E-state index is 13.6. The summed E-state index contributed by atoms with van der Waals surface area (Å²) < 4.78 is 44.5. The number of aryl methyl sites for hydroxylation is 2. The van der Waals surface area contributed by atoms with Crippen molar-refractivity contribution < 1.29 is 27.4 Å². The Balaban J connectivity index is 1.77. The van der Waals surface area contributed by atoms with Gasteiger partial charge in [-0.2, -0.15) is 0 Å². The molecule has 1 amide bonds. The van der Waals surface area contributed by atoms with Gasteiger partial charge in [0.05, 0.1) is 31.3 Å². The minimum absolute atomic E-state index is 0.0841. The zero-order chi connectivity index (χ0) is 25.4. The molecule has 3 aromatic rings. The van der Waals surface area contributed by atoms with Crippen LogP contribution in [0.1, 0.15) is 11.1 Å². The molecule has 8 nitrogen and oxygen atoms in total. The molecular weight excluding hydrogens is 468 g/mol. The molecule has 3 aromatic carbocycles. The van der Waals surface area contributed by atoms with Crippen molar-refractivity contribution in [1.29, 1.82) is 0 Å². The van der Waals surface area contributed by atoms with E-state index in [1.165, 1.54) is 19.2 Å². The summed E-state index contributed by atoms with van der Waals surface area (Å²) in [7, 11) is -1.02. The first-order chi connectivity index (χ1) is 16.7. The van der Waals surface area contributed by atoms with Crippen LogP contribution in [-0.4, -0.2) is 48.2 Å². The predicted molar refractivity (Wildman–Crippen MR) is 135 cm³/mol. The number of anilines is 1. The molecule has 0 saturated heterocycles. The summed E-state index contributed by atoms with van der Waals surface area (Å²) in [5, 5.41) is 2.72. The summed E-state index contributed by atoms with van der Waals surface area (Å²) in [5.74, 6) is 1.14. The van der Waals surface area contributed by atoms with E-state index in [1.807, 2.05) is 19.9 Å². The molecule has 0 heterocycles. The van der Waals surface area contributed by atoms with Crippen molar-refractivity contribution in [3.8, 4) is 17.2 Å². The standard InChI is InChI=1S/C26H30N2O6S/c1-19-8-11-23(12-9-19)35(30,31)28(24-16-20(2)10-13-25(24)33-4)18-26(29)27-14-15-34-22-7-5-6-21(17-22)32-3/h5-13,16-17H,14-15,18H2,1-4H3,(H,27,29). The van der Waals surface area contributed by atoms with Crippen LogP contribution in [0.5, 0.6) is 17.2 Å². The van der Waals surface area contributed by atoms with Crippen LogP contribution in [0.15, 0.2) is 71.6 Å². The number of nitrogens with one attached hydrogen (secondary N) is 1. The number of ether oxygens (including phenoxy) is 3. The Kier molecular flexibility index (Phi) is 8.59. The highest BCUT2D eigenvalue weighted by atomic mass is 32.2. The van der Waals surface area contributed by atoms with Crippen LogP contribution in [0.4, 0.5) is 5.69 Å². The molecule has 0 bridgehead atoms. The van der Waals surface area contributed by atoms with Crippen molar-refractivity contribution in [2.75, 3.05) is 38.2 Å². The normalized spacial score (nSPS) is 11.0. The van der Waals surface area contributed by atoms with E-state index in [2.05, 4.69) is 5.32 Å². The quantitative estimate of drug-likeness (QED) is 0.405. The van der Waals surface area contributed by atoms with Gasteiger partial charge in [-0.25, -0.2) is 8.42 Å². The van der Waals surface area contributed by atoms with Crippen LogP contribution in [0.3, 0.4) is 0 Å². The first-order valence-corrected chi connectivity index (χ1v) is 12.5. The van der Waals surface area contributed by atoms with E-state index in [1.54, 1.807) is 55.6 Å². The zero-order valence-electron chi connectivity index (χ0n) is 20.3. The van der Waals surface area contributed by atoms with Crippen LogP contribution in [0.2, 0.25) is 0 Å². The van der Waals surface area contributed by atoms with Gasteiger partial charge in [-0.15, -0.1) is 0 Å². The topological polar surface area (TPSA) is 94.2 Å². The fourth-order valence-corrected chi connectivity index (χ4v) is 4.79. The second kappa shape index (κ2) is 11.6. The lowest BCUT2D eigenvalue weighted by Gasteiger charge is -2.26. The zero-order valence-corrected chi connectivity index (χ0v) is 21.1. The monoisotopic (exact) mass is 498 g/mol. The van der Waals surface area contributed by atoms with E-state index < -0.39 is 22.5 Å². The van der Waals surface area contributed by atoms with Crippen LogP contribution >= 0.6 is 0 Å². The molecule has 0 atom stereocenters. The summed E-state index contributed by atoms with van der Waals surface area (Å²) in [4.78, 5) is 12.9. The summed E-state index contributed by atoms with van der Waals surface area (Å²) in [6.07, 6.45) is 0. The predicted octanol–water partition coefficient (Wildman–Crippen LogP) is 3.71. The number of benzene rings is 3. The van der Waals surface area contributed by atoms with Crippen LogP contribution < -0.4 is 23.8 Å². The Morgan fingerprint density at radius 2 is 1.57 bits per heavy atom. The highest BCUT2D eigenvalue weighted by Crippen LogP contribution is 2.33. The molecule has 0 aliphatic rings. The van der Waals surface area contributed by atoms with E-state index in [0.29, 0.717) is 17.2 Å². The Labute approximate surface area is 206 Å². The molecule has 0 spiro atoms. The van der Waals surface area contributed by atoms with E-state index in [9.17, 15) is 13.2 Å². The molecule has 0 aromatic heterocycles. The van der Waals surface area contributed by atoms with Gasteiger partial charge in [0.1, 0.15) is 30.4 Å².